The minimum Gasteiger partial charge on any atom is -0.497 e. The van der Waals surface area contributed by atoms with Crippen LogP contribution in [0, 0.1) is 6.92 Å². The Morgan fingerprint density at radius 3 is 2.54 bits per heavy atom. The molecule has 6 heteroatoms. The van der Waals surface area contributed by atoms with Crippen LogP contribution < -0.4 is 10.3 Å². The van der Waals surface area contributed by atoms with Crippen LogP contribution in [0.5, 0.6) is 5.75 Å². The number of nitrogens with zero attached hydrogens (tertiary/aromatic N) is 2. The second-order valence-corrected chi connectivity index (χ2v) is 7.12. The molecule has 0 radical (unpaired) electrons. The van der Waals surface area contributed by atoms with Crippen molar-refractivity contribution in [2.45, 2.75) is 33.6 Å². The second-order valence-electron chi connectivity index (χ2n) is 6.68. The zero-order chi connectivity index (χ0) is 20.3. The first kappa shape index (κ1) is 20.0. The third-order valence-corrected chi connectivity index (χ3v) is 4.84. The minimum atomic E-state index is -0.110. The molecule has 1 aromatic heterocycles. The summed E-state index contributed by atoms with van der Waals surface area (Å²) in [6.45, 7) is 5.91. The SMILES string of the molecule is CCCc1[nH]n(-c2ccc(OC)cc2)c(=O)c1C(C)=Nc1ccc(Cl)cc1C. The number of hydrogen-bond donors (Lipinski definition) is 1. The van der Waals surface area contributed by atoms with Gasteiger partial charge < -0.3 is 4.74 Å². The molecular formula is C22H24ClN3O2. The lowest BCUT2D eigenvalue weighted by molar-refractivity contribution is 0.414. The molecule has 0 atom stereocenters. The van der Waals surface area contributed by atoms with Crippen molar-refractivity contribution >= 4 is 23.0 Å². The van der Waals surface area contributed by atoms with Crippen LogP contribution in [0.2, 0.25) is 5.02 Å². The van der Waals surface area contributed by atoms with Crippen molar-refractivity contribution in [3.8, 4) is 11.4 Å². The van der Waals surface area contributed by atoms with E-state index in [0.717, 1.165) is 41.2 Å². The van der Waals surface area contributed by atoms with Crippen molar-refractivity contribution < 1.29 is 4.74 Å². The van der Waals surface area contributed by atoms with Gasteiger partial charge in [0.05, 0.1) is 29.8 Å². The van der Waals surface area contributed by atoms with Gasteiger partial charge in [0.1, 0.15) is 5.75 Å². The topological polar surface area (TPSA) is 59.4 Å². The van der Waals surface area contributed by atoms with Crippen LogP contribution in [0.25, 0.3) is 5.69 Å². The first-order valence-corrected chi connectivity index (χ1v) is 9.62. The molecular weight excluding hydrogens is 374 g/mol. The van der Waals surface area contributed by atoms with Crippen LogP contribution in [0.1, 0.15) is 37.1 Å². The Bertz CT molecular complexity index is 1060. The van der Waals surface area contributed by atoms with Gasteiger partial charge in [0.25, 0.3) is 5.56 Å². The fraction of sp³-hybridized carbons (Fsp3) is 0.273. The van der Waals surface area contributed by atoms with Gasteiger partial charge >= 0.3 is 0 Å². The number of aryl methyl sites for hydroxylation is 2. The van der Waals surface area contributed by atoms with E-state index < -0.39 is 0 Å². The molecule has 0 bridgehead atoms. The Hall–Kier alpha value is -2.79. The number of halogens is 1. The van der Waals surface area contributed by atoms with Crippen molar-refractivity contribution in [1.82, 2.24) is 9.78 Å². The second kappa shape index (κ2) is 8.48. The van der Waals surface area contributed by atoms with E-state index in [2.05, 4.69) is 12.0 Å². The summed E-state index contributed by atoms with van der Waals surface area (Å²) in [5.41, 5.74) is 4.60. The Labute approximate surface area is 169 Å². The quantitative estimate of drug-likeness (QED) is 0.579. The predicted octanol–water partition coefficient (Wildman–Crippen LogP) is 5.23. The predicted molar refractivity (Wildman–Crippen MR) is 115 cm³/mol. The number of methoxy groups -OCH3 is 1. The number of H-pyrrole nitrogens is 1. The monoisotopic (exact) mass is 397 g/mol. The summed E-state index contributed by atoms with van der Waals surface area (Å²) in [4.78, 5) is 17.9. The average Bonchev–Trinajstić information content (AvgIpc) is 3.00. The molecule has 0 saturated carbocycles. The molecule has 0 aliphatic carbocycles. The van der Waals surface area contributed by atoms with Gasteiger partial charge in [-0.1, -0.05) is 24.9 Å². The number of aromatic amines is 1. The fourth-order valence-electron chi connectivity index (χ4n) is 3.18. The van der Waals surface area contributed by atoms with Gasteiger partial charge in [0, 0.05) is 10.7 Å². The van der Waals surface area contributed by atoms with Crippen LogP contribution in [0.15, 0.2) is 52.3 Å². The smallest absolute Gasteiger partial charge is 0.280 e. The first-order chi connectivity index (χ1) is 13.4. The van der Waals surface area contributed by atoms with Crippen LogP contribution in [0.3, 0.4) is 0 Å². The summed E-state index contributed by atoms with van der Waals surface area (Å²) in [6.07, 6.45) is 1.68. The number of nitrogens with one attached hydrogen (secondary N) is 1. The molecule has 3 rings (SSSR count). The van der Waals surface area contributed by atoms with Crippen molar-refractivity contribution in [2.75, 3.05) is 7.11 Å². The lowest BCUT2D eigenvalue weighted by Gasteiger charge is -2.04. The molecule has 1 N–H and O–H groups in total. The van der Waals surface area contributed by atoms with Crippen LogP contribution in [-0.4, -0.2) is 22.6 Å². The van der Waals surface area contributed by atoms with E-state index in [9.17, 15) is 4.79 Å². The first-order valence-electron chi connectivity index (χ1n) is 9.24. The van der Waals surface area contributed by atoms with E-state index >= 15 is 0 Å². The van der Waals surface area contributed by atoms with Gasteiger partial charge in [-0.05, 0) is 68.3 Å². The fourth-order valence-corrected chi connectivity index (χ4v) is 3.41. The van der Waals surface area contributed by atoms with Crippen molar-refractivity contribution in [1.29, 1.82) is 0 Å². The van der Waals surface area contributed by atoms with Gasteiger partial charge in [0.15, 0.2) is 0 Å². The molecule has 3 aromatic rings. The van der Waals surface area contributed by atoms with E-state index in [4.69, 9.17) is 21.3 Å². The Morgan fingerprint density at radius 2 is 1.93 bits per heavy atom. The van der Waals surface area contributed by atoms with Gasteiger partial charge in [-0.2, -0.15) is 0 Å². The summed E-state index contributed by atoms with van der Waals surface area (Å²) < 4.78 is 6.76. The normalized spacial score (nSPS) is 11.7. The number of aromatic nitrogens is 2. The summed E-state index contributed by atoms with van der Waals surface area (Å²) >= 11 is 6.04. The highest BCUT2D eigenvalue weighted by Crippen LogP contribution is 2.24. The van der Waals surface area contributed by atoms with Crippen molar-refractivity contribution in [2.24, 2.45) is 4.99 Å². The van der Waals surface area contributed by atoms with Gasteiger partial charge in [-0.3, -0.25) is 14.9 Å². The van der Waals surface area contributed by atoms with Crippen LogP contribution in [0.4, 0.5) is 5.69 Å². The van der Waals surface area contributed by atoms with Crippen LogP contribution >= 0.6 is 11.6 Å². The molecule has 0 unspecified atom stereocenters. The van der Waals surface area contributed by atoms with Crippen molar-refractivity contribution in [3.63, 3.8) is 0 Å². The molecule has 5 nitrogen and oxygen atoms in total. The number of rotatable bonds is 6. The highest BCUT2D eigenvalue weighted by Gasteiger charge is 2.17. The zero-order valence-corrected chi connectivity index (χ0v) is 17.3. The summed E-state index contributed by atoms with van der Waals surface area (Å²) in [5.74, 6) is 0.744. The molecule has 28 heavy (non-hydrogen) atoms. The Morgan fingerprint density at radius 1 is 1.21 bits per heavy atom. The highest BCUT2D eigenvalue weighted by atomic mass is 35.5. The number of ether oxygens (including phenoxy) is 1. The van der Waals surface area contributed by atoms with Crippen molar-refractivity contribution in [3.05, 3.63) is 74.7 Å². The standard InChI is InChI=1S/C22H24ClN3O2/c1-5-6-20-21(15(3)24-19-12-7-16(23)13-14(19)2)22(27)26(25-20)17-8-10-18(28-4)11-9-17/h7-13,25H,5-6H2,1-4H3. The van der Waals surface area contributed by atoms with Gasteiger partial charge in [0.2, 0.25) is 0 Å². The maximum atomic E-state index is 13.2. The molecule has 1 heterocycles. The molecule has 0 aliphatic rings. The van der Waals surface area contributed by atoms with Gasteiger partial charge in [-0.15, -0.1) is 0 Å². The van der Waals surface area contributed by atoms with Gasteiger partial charge in [-0.25, -0.2) is 4.68 Å². The van der Waals surface area contributed by atoms with E-state index in [-0.39, 0.29) is 5.56 Å². The average molecular weight is 398 g/mol. The number of aliphatic imine (C=N–C) groups is 1. The summed E-state index contributed by atoms with van der Waals surface area (Å²) in [5, 5.41) is 3.93. The van der Waals surface area contributed by atoms with E-state index in [1.54, 1.807) is 17.9 Å². The largest absolute Gasteiger partial charge is 0.497 e. The number of hydrogen-bond acceptors (Lipinski definition) is 3. The molecule has 2 aromatic carbocycles. The Balaban J connectivity index is 2.09. The highest BCUT2D eigenvalue weighted by molar-refractivity contribution is 6.30. The third kappa shape index (κ3) is 4.04. The summed E-state index contributed by atoms with van der Waals surface area (Å²) in [6, 6.07) is 12.9. The lowest BCUT2D eigenvalue weighted by Crippen LogP contribution is -2.19. The molecule has 0 spiro atoms. The van der Waals surface area contributed by atoms with E-state index in [1.807, 2.05) is 50.2 Å². The molecule has 0 aliphatic heterocycles. The molecule has 0 fully saturated rings. The van der Waals surface area contributed by atoms with E-state index in [1.165, 1.54) is 0 Å². The van der Waals surface area contributed by atoms with E-state index in [0.29, 0.717) is 16.3 Å². The Kier molecular flexibility index (Phi) is 6.05. The summed E-state index contributed by atoms with van der Waals surface area (Å²) in [7, 11) is 1.62. The van der Waals surface area contributed by atoms with Crippen LogP contribution in [-0.2, 0) is 6.42 Å². The lowest BCUT2D eigenvalue weighted by atomic mass is 10.1. The molecule has 0 saturated heterocycles. The number of benzene rings is 2. The maximum absolute atomic E-state index is 13.2. The maximum Gasteiger partial charge on any atom is 0.280 e. The third-order valence-electron chi connectivity index (χ3n) is 4.60. The molecule has 146 valence electrons. The minimum absolute atomic E-state index is 0.110. The zero-order valence-electron chi connectivity index (χ0n) is 16.5. The molecule has 0 amide bonds.